The maximum absolute atomic E-state index is 5.93. The summed E-state index contributed by atoms with van der Waals surface area (Å²) in [4.78, 5) is 6.72. The monoisotopic (exact) mass is 402 g/mol. The third-order valence-corrected chi connectivity index (χ3v) is 4.91. The lowest BCUT2D eigenvalue weighted by molar-refractivity contribution is 0.0125. The zero-order valence-electron chi connectivity index (χ0n) is 17.5. The molecule has 1 unspecified atom stereocenters. The van der Waals surface area contributed by atoms with Gasteiger partial charge in [-0.1, -0.05) is 0 Å². The number of hydrogen-bond acceptors (Lipinski definition) is 6. The van der Waals surface area contributed by atoms with Crippen LogP contribution in [-0.2, 0) is 4.74 Å². The van der Waals surface area contributed by atoms with Gasteiger partial charge in [-0.3, -0.25) is 9.89 Å². The van der Waals surface area contributed by atoms with Crippen molar-refractivity contribution in [1.82, 2.24) is 10.2 Å². The average molecular weight is 402 g/mol. The normalized spacial score (nSPS) is 16.3. The second-order valence-corrected chi connectivity index (χ2v) is 6.76. The van der Waals surface area contributed by atoms with Crippen LogP contribution in [0.3, 0.4) is 0 Å². The minimum absolute atomic E-state index is 0.0940. The first-order chi connectivity index (χ1) is 14.1. The first kappa shape index (κ1) is 21.0. The lowest BCUT2D eigenvalue weighted by Gasteiger charge is -2.33. The molecule has 0 saturated carbocycles. The van der Waals surface area contributed by atoms with Gasteiger partial charge in [0.05, 0.1) is 33.5 Å². The number of benzene rings is 1. The van der Waals surface area contributed by atoms with Gasteiger partial charge < -0.3 is 29.3 Å². The smallest absolute Gasteiger partial charge is 0.195 e. The van der Waals surface area contributed by atoms with E-state index in [2.05, 4.69) is 20.5 Å². The molecule has 2 aromatic rings. The van der Waals surface area contributed by atoms with Crippen molar-refractivity contribution in [1.29, 1.82) is 0 Å². The summed E-state index contributed by atoms with van der Waals surface area (Å²) in [6.07, 6.45) is 0. The number of anilines is 1. The van der Waals surface area contributed by atoms with Gasteiger partial charge in [0.15, 0.2) is 17.5 Å². The molecule has 2 N–H and O–H groups in total. The molecule has 0 radical (unpaired) electrons. The van der Waals surface area contributed by atoms with Gasteiger partial charge in [0, 0.05) is 38.4 Å². The molecule has 8 nitrogen and oxygen atoms in total. The van der Waals surface area contributed by atoms with Crippen LogP contribution < -0.4 is 20.1 Å². The van der Waals surface area contributed by atoms with Crippen LogP contribution in [0.4, 0.5) is 5.69 Å². The number of morpholine rings is 1. The number of guanidine groups is 1. The fraction of sp³-hybridized carbons (Fsp3) is 0.476. The molecular formula is C21H30N4O4. The summed E-state index contributed by atoms with van der Waals surface area (Å²) < 4.78 is 22.1. The lowest BCUT2D eigenvalue weighted by atomic mass is 10.1. The van der Waals surface area contributed by atoms with E-state index in [1.165, 1.54) is 0 Å². The van der Waals surface area contributed by atoms with Crippen molar-refractivity contribution in [2.24, 2.45) is 4.99 Å². The quantitative estimate of drug-likeness (QED) is 0.544. The van der Waals surface area contributed by atoms with Crippen LogP contribution in [0.1, 0.15) is 17.6 Å². The van der Waals surface area contributed by atoms with Crippen molar-refractivity contribution in [2.75, 3.05) is 59.4 Å². The third kappa shape index (κ3) is 5.42. The Balaban J connectivity index is 1.68. The first-order valence-electron chi connectivity index (χ1n) is 9.72. The molecule has 2 heterocycles. The summed E-state index contributed by atoms with van der Waals surface area (Å²) in [6.45, 7) is 5.82. The topological polar surface area (TPSA) is 80.5 Å². The number of nitrogens with one attached hydrogen (secondary N) is 2. The Labute approximate surface area is 171 Å². The molecule has 29 heavy (non-hydrogen) atoms. The fourth-order valence-electron chi connectivity index (χ4n) is 3.35. The van der Waals surface area contributed by atoms with Gasteiger partial charge in [0.1, 0.15) is 11.5 Å². The van der Waals surface area contributed by atoms with Gasteiger partial charge in [-0.05, 0) is 31.2 Å². The molecular weight excluding hydrogens is 372 g/mol. The zero-order chi connectivity index (χ0) is 20.6. The number of ether oxygens (including phenoxy) is 3. The first-order valence-corrected chi connectivity index (χ1v) is 9.72. The highest BCUT2D eigenvalue weighted by atomic mass is 16.5. The Hall–Kier alpha value is -2.71. The minimum Gasteiger partial charge on any atom is -0.493 e. The number of furan rings is 1. The second-order valence-electron chi connectivity index (χ2n) is 6.76. The highest BCUT2D eigenvalue weighted by Crippen LogP contribution is 2.29. The summed E-state index contributed by atoms with van der Waals surface area (Å²) in [5.41, 5.74) is 0.854. The fourth-order valence-corrected chi connectivity index (χ4v) is 3.35. The van der Waals surface area contributed by atoms with E-state index in [4.69, 9.17) is 18.6 Å². The third-order valence-electron chi connectivity index (χ3n) is 4.91. The zero-order valence-corrected chi connectivity index (χ0v) is 17.5. The van der Waals surface area contributed by atoms with Crippen molar-refractivity contribution in [3.05, 3.63) is 41.9 Å². The molecule has 1 aliphatic rings. The summed E-state index contributed by atoms with van der Waals surface area (Å²) >= 11 is 0. The molecule has 3 rings (SSSR count). The van der Waals surface area contributed by atoms with E-state index in [9.17, 15) is 0 Å². The van der Waals surface area contributed by atoms with Crippen LogP contribution in [0.25, 0.3) is 0 Å². The number of nitrogens with zero attached hydrogens (tertiary/aromatic N) is 2. The van der Waals surface area contributed by atoms with Gasteiger partial charge in [-0.2, -0.15) is 0 Å². The van der Waals surface area contributed by atoms with Crippen molar-refractivity contribution >= 4 is 11.6 Å². The Morgan fingerprint density at radius 3 is 2.52 bits per heavy atom. The lowest BCUT2D eigenvalue weighted by Crippen LogP contribution is -2.44. The standard InChI is InChI=1S/C21H30N4O4/c1-15-5-7-18(29-15)17(25-9-11-28-12-10-25)14-23-21(22-2)24-16-6-8-19(26-3)20(13-16)27-4/h5-8,13,17H,9-12,14H2,1-4H3,(H2,22,23,24). The molecule has 0 bridgehead atoms. The van der Waals surface area contributed by atoms with Crippen LogP contribution in [0, 0.1) is 6.92 Å². The molecule has 1 aliphatic heterocycles. The molecule has 8 heteroatoms. The van der Waals surface area contributed by atoms with Crippen LogP contribution in [0.15, 0.2) is 39.7 Å². The number of methoxy groups -OCH3 is 2. The predicted octanol–water partition coefficient (Wildman–Crippen LogP) is 2.67. The van der Waals surface area contributed by atoms with Gasteiger partial charge in [-0.25, -0.2) is 0 Å². The highest BCUT2D eigenvalue weighted by molar-refractivity contribution is 5.93. The van der Waals surface area contributed by atoms with E-state index >= 15 is 0 Å². The summed E-state index contributed by atoms with van der Waals surface area (Å²) in [6, 6.07) is 9.79. The number of hydrogen-bond donors (Lipinski definition) is 2. The van der Waals surface area contributed by atoms with Crippen LogP contribution >= 0.6 is 0 Å². The summed E-state index contributed by atoms with van der Waals surface area (Å²) in [7, 11) is 4.98. The molecule has 1 aromatic heterocycles. The predicted molar refractivity (Wildman–Crippen MR) is 113 cm³/mol. The van der Waals surface area contributed by atoms with E-state index in [0.717, 1.165) is 43.5 Å². The Morgan fingerprint density at radius 2 is 1.90 bits per heavy atom. The molecule has 1 atom stereocenters. The van der Waals surface area contributed by atoms with Crippen molar-refractivity contribution in [3.63, 3.8) is 0 Å². The number of aryl methyl sites for hydroxylation is 1. The van der Waals surface area contributed by atoms with Crippen LogP contribution in [-0.4, -0.2) is 65.0 Å². The van der Waals surface area contributed by atoms with Gasteiger partial charge in [0.25, 0.3) is 0 Å². The van der Waals surface area contributed by atoms with E-state index < -0.39 is 0 Å². The molecule has 1 aromatic carbocycles. The molecule has 1 saturated heterocycles. The Bertz CT molecular complexity index is 815. The summed E-state index contributed by atoms with van der Waals surface area (Å²) in [5, 5.41) is 6.71. The largest absolute Gasteiger partial charge is 0.493 e. The molecule has 1 fully saturated rings. The van der Waals surface area contributed by atoms with E-state index in [1.807, 2.05) is 37.3 Å². The molecule has 0 amide bonds. The van der Waals surface area contributed by atoms with E-state index in [-0.39, 0.29) is 6.04 Å². The second kappa shape index (κ2) is 10.2. The maximum Gasteiger partial charge on any atom is 0.195 e. The minimum atomic E-state index is 0.0940. The molecule has 0 aliphatic carbocycles. The van der Waals surface area contributed by atoms with Gasteiger partial charge in [-0.15, -0.1) is 0 Å². The highest BCUT2D eigenvalue weighted by Gasteiger charge is 2.25. The van der Waals surface area contributed by atoms with Crippen molar-refractivity contribution in [2.45, 2.75) is 13.0 Å². The number of rotatable bonds is 7. The molecule has 0 spiro atoms. The van der Waals surface area contributed by atoms with Crippen molar-refractivity contribution < 1.29 is 18.6 Å². The summed E-state index contributed by atoms with van der Waals surface area (Å²) in [5.74, 6) is 3.86. The van der Waals surface area contributed by atoms with E-state index in [1.54, 1.807) is 21.3 Å². The van der Waals surface area contributed by atoms with Gasteiger partial charge in [0.2, 0.25) is 0 Å². The van der Waals surface area contributed by atoms with Crippen LogP contribution in [0.5, 0.6) is 11.5 Å². The number of aliphatic imine (C=N–C) groups is 1. The Morgan fingerprint density at radius 1 is 1.14 bits per heavy atom. The van der Waals surface area contributed by atoms with Gasteiger partial charge >= 0.3 is 0 Å². The van der Waals surface area contributed by atoms with Crippen LogP contribution in [0.2, 0.25) is 0 Å². The Kier molecular flexibility index (Phi) is 7.37. The molecule has 158 valence electrons. The average Bonchev–Trinajstić information content (AvgIpc) is 3.19. The van der Waals surface area contributed by atoms with E-state index in [0.29, 0.717) is 24.0 Å². The maximum atomic E-state index is 5.93. The SMILES string of the molecule is CN=C(NCC(c1ccc(C)o1)N1CCOCC1)Nc1ccc(OC)c(OC)c1. The van der Waals surface area contributed by atoms with Crippen molar-refractivity contribution in [3.8, 4) is 11.5 Å².